The molecule has 0 amide bonds. The predicted octanol–water partition coefficient (Wildman–Crippen LogP) is 1.85. The van der Waals surface area contributed by atoms with E-state index in [4.69, 9.17) is 4.74 Å². The van der Waals surface area contributed by atoms with Crippen LogP contribution in [-0.4, -0.2) is 35.3 Å². The van der Waals surface area contributed by atoms with Crippen LogP contribution in [0.25, 0.3) is 0 Å². The van der Waals surface area contributed by atoms with Gasteiger partial charge < -0.3 is 9.64 Å². The van der Waals surface area contributed by atoms with Crippen LogP contribution in [0.2, 0.25) is 0 Å². The number of nitrogens with zero attached hydrogens (tertiary/aromatic N) is 3. The smallest absolute Gasteiger partial charge is 0.133 e. The molecule has 4 nitrogen and oxygen atoms in total. The van der Waals surface area contributed by atoms with E-state index in [1.54, 1.807) is 6.33 Å². The van der Waals surface area contributed by atoms with Crippen molar-refractivity contribution in [2.24, 2.45) is 0 Å². The molecular formula is C10H14BrN3O. The Bertz CT molecular complexity index is 347. The van der Waals surface area contributed by atoms with Crippen LogP contribution in [0, 0.1) is 0 Å². The third kappa shape index (κ3) is 2.29. The Kier molecular flexibility index (Phi) is 3.21. The summed E-state index contributed by atoms with van der Waals surface area (Å²) in [6.07, 6.45) is 1.82. The average molecular weight is 272 g/mol. The third-order valence-electron chi connectivity index (χ3n) is 2.80. The van der Waals surface area contributed by atoms with Gasteiger partial charge in [-0.1, -0.05) is 0 Å². The lowest BCUT2D eigenvalue weighted by atomic mass is 10.1. The fourth-order valence-corrected chi connectivity index (χ4v) is 2.03. The largest absolute Gasteiger partial charge is 0.375 e. The van der Waals surface area contributed by atoms with Crippen molar-refractivity contribution in [3.8, 4) is 0 Å². The number of hydrogen-bond acceptors (Lipinski definition) is 4. The van der Waals surface area contributed by atoms with Crippen molar-refractivity contribution in [2.45, 2.75) is 26.0 Å². The van der Waals surface area contributed by atoms with E-state index in [0.717, 1.165) is 23.6 Å². The van der Waals surface area contributed by atoms with E-state index in [1.807, 2.05) is 6.07 Å². The first-order chi connectivity index (χ1) is 7.18. The summed E-state index contributed by atoms with van der Waals surface area (Å²) in [6, 6.07) is 2.29. The first kappa shape index (κ1) is 10.8. The summed E-state index contributed by atoms with van der Waals surface area (Å²) in [5.41, 5.74) is 0. The summed E-state index contributed by atoms with van der Waals surface area (Å²) in [5, 5.41) is 0. The number of hydrogen-bond donors (Lipinski definition) is 0. The van der Waals surface area contributed by atoms with Gasteiger partial charge in [0.15, 0.2) is 0 Å². The van der Waals surface area contributed by atoms with E-state index in [1.165, 1.54) is 0 Å². The van der Waals surface area contributed by atoms with Crippen molar-refractivity contribution >= 4 is 21.7 Å². The second kappa shape index (κ2) is 4.45. The quantitative estimate of drug-likeness (QED) is 0.731. The van der Waals surface area contributed by atoms with Gasteiger partial charge >= 0.3 is 0 Å². The van der Waals surface area contributed by atoms with Crippen LogP contribution in [0.5, 0.6) is 0 Å². The zero-order valence-corrected chi connectivity index (χ0v) is 10.4. The molecule has 2 heterocycles. The molecule has 0 aromatic carbocycles. The van der Waals surface area contributed by atoms with Crippen molar-refractivity contribution in [2.75, 3.05) is 18.1 Å². The van der Waals surface area contributed by atoms with Gasteiger partial charge in [-0.2, -0.15) is 0 Å². The maximum Gasteiger partial charge on any atom is 0.133 e. The monoisotopic (exact) mass is 271 g/mol. The number of rotatable bonds is 1. The molecule has 0 spiro atoms. The van der Waals surface area contributed by atoms with Crippen LogP contribution in [-0.2, 0) is 4.74 Å². The third-order valence-corrected chi connectivity index (χ3v) is 3.23. The highest BCUT2D eigenvalue weighted by Gasteiger charge is 2.26. The summed E-state index contributed by atoms with van der Waals surface area (Å²) >= 11 is 3.35. The van der Waals surface area contributed by atoms with Crippen LogP contribution in [0.4, 0.5) is 5.82 Å². The lowest BCUT2D eigenvalue weighted by molar-refractivity contribution is 0.0281. The second-order valence-corrected chi connectivity index (χ2v) is 4.52. The van der Waals surface area contributed by atoms with Gasteiger partial charge in [0.05, 0.1) is 18.8 Å². The molecule has 1 aliphatic rings. The van der Waals surface area contributed by atoms with Gasteiger partial charge in [0.25, 0.3) is 0 Å². The summed E-state index contributed by atoms with van der Waals surface area (Å²) in [6.45, 7) is 5.88. The number of morpholine rings is 1. The molecule has 0 aliphatic carbocycles. The molecule has 2 unspecified atom stereocenters. The van der Waals surface area contributed by atoms with Crippen LogP contribution in [0.3, 0.4) is 0 Å². The minimum atomic E-state index is 0.243. The van der Waals surface area contributed by atoms with Gasteiger partial charge in [-0.05, 0) is 29.8 Å². The Balaban J connectivity index is 2.22. The van der Waals surface area contributed by atoms with Crippen LogP contribution < -0.4 is 4.90 Å². The summed E-state index contributed by atoms with van der Waals surface area (Å²) in [5.74, 6) is 0.958. The molecule has 1 fully saturated rings. The molecule has 1 aromatic rings. The summed E-state index contributed by atoms with van der Waals surface area (Å²) in [7, 11) is 0. The molecule has 0 saturated carbocycles. The van der Waals surface area contributed by atoms with Gasteiger partial charge in [-0.25, -0.2) is 9.97 Å². The number of aromatic nitrogens is 2. The average Bonchev–Trinajstić information content (AvgIpc) is 2.22. The lowest BCUT2D eigenvalue weighted by Gasteiger charge is -2.38. The van der Waals surface area contributed by atoms with Crippen LogP contribution in [0.1, 0.15) is 13.8 Å². The van der Waals surface area contributed by atoms with Gasteiger partial charge in [-0.3, -0.25) is 0 Å². The maximum absolute atomic E-state index is 5.58. The fraction of sp³-hybridized carbons (Fsp3) is 0.600. The van der Waals surface area contributed by atoms with Gasteiger partial charge in [0, 0.05) is 12.6 Å². The van der Waals surface area contributed by atoms with Crippen molar-refractivity contribution in [3.05, 3.63) is 17.0 Å². The Morgan fingerprint density at radius 1 is 1.47 bits per heavy atom. The van der Waals surface area contributed by atoms with Gasteiger partial charge in [0.1, 0.15) is 16.7 Å². The molecule has 0 bridgehead atoms. The normalized spacial score (nSPS) is 26.7. The number of ether oxygens (including phenoxy) is 1. The van der Waals surface area contributed by atoms with E-state index in [2.05, 4.69) is 44.6 Å². The molecule has 1 aromatic heterocycles. The summed E-state index contributed by atoms with van der Waals surface area (Å²) < 4.78 is 6.39. The highest BCUT2D eigenvalue weighted by atomic mass is 79.9. The number of anilines is 1. The second-order valence-electron chi connectivity index (χ2n) is 3.71. The minimum absolute atomic E-state index is 0.243. The maximum atomic E-state index is 5.58. The molecule has 82 valence electrons. The van der Waals surface area contributed by atoms with E-state index in [-0.39, 0.29) is 6.10 Å². The molecule has 15 heavy (non-hydrogen) atoms. The Morgan fingerprint density at radius 3 is 3.00 bits per heavy atom. The van der Waals surface area contributed by atoms with Crippen LogP contribution in [0.15, 0.2) is 17.0 Å². The fourth-order valence-electron chi connectivity index (χ4n) is 1.74. The van der Waals surface area contributed by atoms with Gasteiger partial charge in [0.2, 0.25) is 0 Å². The first-order valence-electron chi connectivity index (χ1n) is 5.04. The van der Waals surface area contributed by atoms with E-state index in [0.29, 0.717) is 6.04 Å². The highest BCUT2D eigenvalue weighted by molar-refractivity contribution is 9.10. The highest BCUT2D eigenvalue weighted by Crippen LogP contribution is 2.21. The predicted molar refractivity (Wildman–Crippen MR) is 62.0 cm³/mol. The van der Waals surface area contributed by atoms with Gasteiger partial charge in [-0.15, -0.1) is 0 Å². The SMILES string of the molecule is CC1OCCN(c2cc(Br)ncn2)C1C. The van der Waals surface area contributed by atoms with E-state index >= 15 is 0 Å². The van der Waals surface area contributed by atoms with Crippen molar-refractivity contribution in [1.82, 2.24) is 9.97 Å². The first-order valence-corrected chi connectivity index (χ1v) is 5.83. The zero-order valence-electron chi connectivity index (χ0n) is 8.85. The molecule has 2 atom stereocenters. The van der Waals surface area contributed by atoms with Crippen molar-refractivity contribution in [3.63, 3.8) is 0 Å². The molecule has 1 saturated heterocycles. The number of halogens is 1. The standard InChI is InChI=1S/C10H14BrN3O/c1-7-8(2)15-4-3-14(7)10-5-9(11)12-6-13-10/h5-8H,3-4H2,1-2H3. The molecule has 1 aliphatic heterocycles. The summed E-state index contributed by atoms with van der Waals surface area (Å²) in [4.78, 5) is 10.6. The van der Waals surface area contributed by atoms with Crippen LogP contribution >= 0.6 is 15.9 Å². The van der Waals surface area contributed by atoms with E-state index < -0.39 is 0 Å². The molecule has 0 N–H and O–H groups in total. The zero-order chi connectivity index (χ0) is 10.8. The van der Waals surface area contributed by atoms with Crippen molar-refractivity contribution in [1.29, 1.82) is 0 Å². The minimum Gasteiger partial charge on any atom is -0.375 e. The van der Waals surface area contributed by atoms with Crippen molar-refractivity contribution < 1.29 is 4.74 Å². The Morgan fingerprint density at radius 2 is 2.27 bits per heavy atom. The molecule has 2 rings (SSSR count). The Hall–Kier alpha value is -0.680. The van der Waals surface area contributed by atoms with E-state index in [9.17, 15) is 0 Å². The lowest BCUT2D eigenvalue weighted by Crippen LogP contribution is -2.49. The molecule has 0 radical (unpaired) electrons. The molecule has 5 heteroatoms. The topological polar surface area (TPSA) is 38.2 Å². The molecular weight excluding hydrogens is 258 g/mol. The Labute approximate surface area is 97.8 Å².